The quantitative estimate of drug-likeness (QED) is 0.360. The fourth-order valence-corrected chi connectivity index (χ4v) is 1.22. The first kappa shape index (κ1) is 13.5. The summed E-state index contributed by atoms with van der Waals surface area (Å²) in [5, 5.41) is 0. The molecule has 94 valence electrons. The smallest absolute Gasteiger partial charge is 0.185 e. The van der Waals surface area contributed by atoms with Gasteiger partial charge in [0.2, 0.25) is 0 Å². The van der Waals surface area contributed by atoms with Gasteiger partial charge in [0.15, 0.2) is 29.1 Å². The van der Waals surface area contributed by atoms with Crippen LogP contribution >= 0.6 is 0 Å². The molecule has 0 fully saturated rings. The van der Waals surface area contributed by atoms with E-state index in [0.29, 0.717) is 0 Å². The van der Waals surface area contributed by atoms with Gasteiger partial charge in [0.05, 0.1) is 5.56 Å². The van der Waals surface area contributed by atoms with Crippen molar-refractivity contribution < 1.29 is 22.4 Å². The van der Waals surface area contributed by atoms with Crippen LogP contribution in [0.5, 0.6) is 0 Å². The van der Waals surface area contributed by atoms with E-state index in [2.05, 4.69) is 0 Å². The van der Waals surface area contributed by atoms with Crippen molar-refractivity contribution in [2.75, 3.05) is 5.73 Å². The Labute approximate surface area is 95.4 Å². The lowest BCUT2D eigenvalue weighted by Crippen LogP contribution is -2.24. The second-order valence-corrected chi connectivity index (χ2v) is 4.62. The minimum atomic E-state index is -1.76. The maximum Gasteiger partial charge on any atom is 0.185 e. The van der Waals surface area contributed by atoms with Crippen LogP contribution in [-0.4, -0.2) is 5.78 Å². The monoisotopic (exact) mass is 249 g/mol. The number of ketones is 1. The SMILES string of the molecule is CC(C)(C)C(=O)c1c(F)c(F)c(N)c(F)c1F. The van der Waals surface area contributed by atoms with E-state index in [1.807, 2.05) is 0 Å². The van der Waals surface area contributed by atoms with Gasteiger partial charge in [0, 0.05) is 5.41 Å². The Bertz CT molecular complexity index is 462. The number of carbonyl (C=O) groups is 1. The molecule has 0 saturated heterocycles. The molecule has 17 heavy (non-hydrogen) atoms. The van der Waals surface area contributed by atoms with Crippen LogP contribution in [-0.2, 0) is 0 Å². The highest BCUT2D eigenvalue weighted by Gasteiger charge is 2.33. The van der Waals surface area contributed by atoms with Crippen LogP contribution in [0.4, 0.5) is 23.2 Å². The van der Waals surface area contributed by atoms with Gasteiger partial charge in [-0.25, -0.2) is 17.6 Å². The van der Waals surface area contributed by atoms with Crippen LogP contribution < -0.4 is 5.73 Å². The van der Waals surface area contributed by atoms with E-state index >= 15 is 0 Å². The molecule has 0 amide bonds. The fraction of sp³-hybridized carbons (Fsp3) is 0.364. The minimum Gasteiger partial charge on any atom is -0.394 e. The zero-order valence-corrected chi connectivity index (χ0v) is 9.50. The molecule has 0 saturated carbocycles. The van der Waals surface area contributed by atoms with E-state index in [9.17, 15) is 22.4 Å². The van der Waals surface area contributed by atoms with Gasteiger partial charge in [0.1, 0.15) is 5.69 Å². The van der Waals surface area contributed by atoms with E-state index in [1.54, 1.807) is 0 Å². The second-order valence-electron chi connectivity index (χ2n) is 4.62. The van der Waals surface area contributed by atoms with Crippen LogP contribution in [0.1, 0.15) is 31.1 Å². The summed E-state index contributed by atoms with van der Waals surface area (Å²) in [5.74, 6) is -8.07. The first-order chi connectivity index (χ1) is 7.59. The molecule has 0 heterocycles. The Balaban J connectivity index is 3.62. The highest BCUT2D eigenvalue weighted by Crippen LogP contribution is 2.30. The predicted molar refractivity (Wildman–Crippen MR) is 54.5 cm³/mol. The molecule has 1 aromatic rings. The normalized spacial score (nSPS) is 11.7. The average Bonchev–Trinajstić information content (AvgIpc) is 2.22. The molecule has 0 radical (unpaired) electrons. The van der Waals surface area contributed by atoms with Crippen LogP contribution in [0.2, 0.25) is 0 Å². The van der Waals surface area contributed by atoms with Gasteiger partial charge in [-0.2, -0.15) is 0 Å². The van der Waals surface area contributed by atoms with Gasteiger partial charge in [-0.05, 0) is 0 Å². The number of nitrogen functional groups attached to an aromatic ring is 1. The van der Waals surface area contributed by atoms with Crippen LogP contribution in [0.15, 0.2) is 0 Å². The number of carbonyl (C=O) groups excluding carboxylic acids is 1. The van der Waals surface area contributed by atoms with Crippen molar-refractivity contribution in [2.45, 2.75) is 20.8 Å². The molecule has 1 aromatic carbocycles. The van der Waals surface area contributed by atoms with E-state index < -0.39 is 45.7 Å². The van der Waals surface area contributed by atoms with Crippen molar-refractivity contribution in [3.8, 4) is 0 Å². The van der Waals surface area contributed by atoms with Crippen molar-refractivity contribution in [3.05, 3.63) is 28.8 Å². The number of benzene rings is 1. The second kappa shape index (κ2) is 4.01. The van der Waals surface area contributed by atoms with Gasteiger partial charge in [-0.15, -0.1) is 0 Å². The van der Waals surface area contributed by atoms with Crippen molar-refractivity contribution in [3.63, 3.8) is 0 Å². The van der Waals surface area contributed by atoms with E-state index in [1.165, 1.54) is 20.8 Å². The van der Waals surface area contributed by atoms with Gasteiger partial charge >= 0.3 is 0 Å². The summed E-state index contributed by atoms with van der Waals surface area (Å²) in [5.41, 5.74) is 1.14. The summed E-state index contributed by atoms with van der Waals surface area (Å²) >= 11 is 0. The lowest BCUT2D eigenvalue weighted by molar-refractivity contribution is 0.0846. The Kier molecular flexibility index (Phi) is 3.18. The Morgan fingerprint density at radius 2 is 1.29 bits per heavy atom. The average molecular weight is 249 g/mol. The number of anilines is 1. The summed E-state index contributed by atoms with van der Waals surface area (Å²) < 4.78 is 53.0. The van der Waals surface area contributed by atoms with Crippen molar-refractivity contribution in [2.24, 2.45) is 5.41 Å². The predicted octanol–water partition coefficient (Wildman–Crippen LogP) is 3.05. The minimum absolute atomic E-state index is 1.04. The van der Waals surface area contributed by atoms with Gasteiger partial charge < -0.3 is 5.73 Å². The molecular weight excluding hydrogens is 238 g/mol. The maximum absolute atomic E-state index is 13.4. The summed E-state index contributed by atoms with van der Waals surface area (Å²) in [4.78, 5) is 11.7. The number of hydrogen-bond donors (Lipinski definition) is 1. The standard InChI is InChI=1S/C11H11F4NO/c1-11(2,3)10(17)4-5(12)7(14)9(16)8(15)6(4)13/h16H2,1-3H3. The topological polar surface area (TPSA) is 43.1 Å². The number of rotatable bonds is 1. The van der Waals surface area contributed by atoms with Crippen LogP contribution in [0, 0.1) is 28.7 Å². The van der Waals surface area contributed by atoms with Gasteiger partial charge in [-0.3, -0.25) is 4.79 Å². The molecule has 0 spiro atoms. The van der Waals surface area contributed by atoms with Gasteiger partial charge in [0.25, 0.3) is 0 Å². The number of Topliss-reactive ketones (excluding diaryl/α,β-unsaturated/α-hetero) is 1. The summed E-state index contributed by atoms with van der Waals surface area (Å²) in [6, 6.07) is 0. The fourth-order valence-electron chi connectivity index (χ4n) is 1.22. The van der Waals surface area contributed by atoms with Crippen molar-refractivity contribution in [1.29, 1.82) is 0 Å². The third-order valence-electron chi connectivity index (χ3n) is 2.21. The number of halogens is 4. The van der Waals surface area contributed by atoms with Crippen molar-refractivity contribution >= 4 is 11.5 Å². The molecule has 6 heteroatoms. The maximum atomic E-state index is 13.4. The molecular formula is C11H11F4NO. The lowest BCUT2D eigenvalue weighted by Gasteiger charge is -2.18. The molecule has 0 unspecified atom stereocenters. The highest BCUT2D eigenvalue weighted by atomic mass is 19.2. The van der Waals surface area contributed by atoms with E-state index in [4.69, 9.17) is 5.73 Å². The van der Waals surface area contributed by atoms with Crippen LogP contribution in [0.25, 0.3) is 0 Å². The summed E-state index contributed by atoms with van der Waals surface area (Å²) in [6.07, 6.45) is 0. The summed E-state index contributed by atoms with van der Waals surface area (Å²) in [6.45, 7) is 4.13. The molecule has 0 atom stereocenters. The van der Waals surface area contributed by atoms with E-state index in [-0.39, 0.29) is 0 Å². The molecule has 2 N–H and O–H groups in total. The first-order valence-electron chi connectivity index (χ1n) is 4.75. The van der Waals surface area contributed by atoms with Crippen LogP contribution in [0.3, 0.4) is 0 Å². The number of hydrogen-bond acceptors (Lipinski definition) is 2. The molecule has 0 bridgehead atoms. The molecule has 0 aliphatic carbocycles. The Hall–Kier alpha value is -1.59. The largest absolute Gasteiger partial charge is 0.394 e. The highest BCUT2D eigenvalue weighted by molar-refractivity contribution is 6.00. The third-order valence-corrected chi connectivity index (χ3v) is 2.21. The molecule has 1 rings (SSSR count). The first-order valence-corrected chi connectivity index (χ1v) is 4.75. The Morgan fingerprint density at radius 1 is 0.941 bits per heavy atom. The molecule has 2 nitrogen and oxygen atoms in total. The zero-order valence-electron chi connectivity index (χ0n) is 9.50. The zero-order chi connectivity index (χ0) is 13.5. The van der Waals surface area contributed by atoms with E-state index in [0.717, 1.165) is 0 Å². The molecule has 0 aromatic heterocycles. The molecule has 0 aliphatic heterocycles. The molecule has 0 aliphatic rings. The lowest BCUT2D eigenvalue weighted by atomic mass is 9.86. The number of nitrogens with two attached hydrogens (primary N) is 1. The Morgan fingerprint density at radius 3 is 1.59 bits per heavy atom. The van der Waals surface area contributed by atoms with Crippen molar-refractivity contribution in [1.82, 2.24) is 0 Å². The third kappa shape index (κ3) is 2.11. The van der Waals surface area contributed by atoms with Gasteiger partial charge in [-0.1, -0.05) is 20.8 Å². The summed E-state index contributed by atoms with van der Waals surface area (Å²) in [7, 11) is 0.